The van der Waals surface area contributed by atoms with Crippen LogP contribution in [0.3, 0.4) is 0 Å². The first kappa shape index (κ1) is 18.5. The normalized spacial score (nSPS) is 14.9. The second-order valence-electron chi connectivity index (χ2n) is 7.02. The smallest absolute Gasteiger partial charge is 0.267 e. The van der Waals surface area contributed by atoms with Gasteiger partial charge in [-0.25, -0.2) is 9.50 Å². The van der Waals surface area contributed by atoms with Gasteiger partial charge in [-0.3, -0.25) is 14.8 Å². The molecule has 1 aliphatic heterocycles. The van der Waals surface area contributed by atoms with Crippen molar-refractivity contribution in [2.75, 3.05) is 18.0 Å². The molecule has 1 aliphatic rings. The van der Waals surface area contributed by atoms with E-state index >= 15 is 0 Å². The lowest BCUT2D eigenvalue weighted by molar-refractivity contribution is 0.0994. The maximum atomic E-state index is 11.3. The molecule has 152 valence electrons. The van der Waals surface area contributed by atoms with E-state index in [1.54, 1.807) is 35.9 Å². The lowest BCUT2D eigenvalue weighted by Gasteiger charge is -2.31. The van der Waals surface area contributed by atoms with Crippen LogP contribution < -0.4 is 15.4 Å². The summed E-state index contributed by atoms with van der Waals surface area (Å²) >= 11 is 1.58. The van der Waals surface area contributed by atoms with Crippen LogP contribution in [0.25, 0.3) is 16.2 Å². The molecule has 4 aromatic heterocycles. The van der Waals surface area contributed by atoms with Gasteiger partial charge in [-0.15, -0.1) is 5.10 Å². The number of primary amides is 1. The van der Waals surface area contributed by atoms with Crippen LogP contribution in [0.2, 0.25) is 0 Å². The zero-order chi connectivity index (χ0) is 20.5. The molecular formula is C20H19N7O2S. The third-order valence-electron chi connectivity index (χ3n) is 4.99. The highest BCUT2D eigenvalue weighted by Crippen LogP contribution is 2.29. The van der Waals surface area contributed by atoms with Gasteiger partial charge in [0.2, 0.25) is 10.1 Å². The molecule has 1 amide bonds. The zero-order valence-electron chi connectivity index (χ0n) is 16.0. The molecule has 0 aliphatic carbocycles. The fourth-order valence-electron chi connectivity index (χ4n) is 3.45. The summed E-state index contributed by atoms with van der Waals surface area (Å²) in [7, 11) is 0. The SMILES string of the molecule is NC(=O)c1cc(OC2CCN(c3nn4cc(-c5cccnc5)nc4s3)CC2)ccn1. The van der Waals surface area contributed by atoms with Gasteiger partial charge in [0.25, 0.3) is 5.91 Å². The van der Waals surface area contributed by atoms with Crippen molar-refractivity contribution in [3.8, 4) is 17.0 Å². The molecule has 1 fully saturated rings. The summed E-state index contributed by atoms with van der Waals surface area (Å²) in [5.41, 5.74) is 7.34. The molecule has 9 nitrogen and oxygen atoms in total. The predicted octanol–water partition coefficient (Wildman–Crippen LogP) is 2.39. The Morgan fingerprint density at radius 1 is 1.23 bits per heavy atom. The standard InChI is InChI=1S/C20H19N7O2S/c21-18(28)16-10-15(3-7-23-16)29-14-4-8-26(9-5-14)20-25-27-12-17(24-19(27)30-20)13-2-1-6-22-11-13/h1-3,6-7,10-12,14H,4-5,8-9H2,(H2,21,28). The molecular weight excluding hydrogens is 402 g/mol. The fraction of sp³-hybridized carbons (Fsp3) is 0.250. The van der Waals surface area contributed by atoms with Crippen molar-refractivity contribution in [2.24, 2.45) is 5.73 Å². The van der Waals surface area contributed by atoms with E-state index in [1.165, 1.54) is 6.20 Å². The van der Waals surface area contributed by atoms with Crippen LogP contribution in [-0.4, -0.2) is 49.7 Å². The molecule has 0 spiro atoms. The van der Waals surface area contributed by atoms with Gasteiger partial charge < -0.3 is 15.4 Å². The highest BCUT2D eigenvalue weighted by atomic mass is 32.1. The number of amides is 1. The van der Waals surface area contributed by atoms with E-state index in [0.29, 0.717) is 5.75 Å². The first-order chi connectivity index (χ1) is 14.7. The molecule has 10 heteroatoms. The molecule has 1 saturated heterocycles. The van der Waals surface area contributed by atoms with E-state index in [2.05, 4.69) is 19.9 Å². The Kier molecular flexibility index (Phi) is 4.75. The van der Waals surface area contributed by atoms with E-state index in [0.717, 1.165) is 47.3 Å². The quantitative estimate of drug-likeness (QED) is 0.527. The van der Waals surface area contributed by atoms with Gasteiger partial charge in [-0.05, 0) is 18.2 Å². The molecule has 0 radical (unpaired) electrons. The molecule has 30 heavy (non-hydrogen) atoms. The van der Waals surface area contributed by atoms with E-state index in [9.17, 15) is 4.79 Å². The number of carbonyl (C=O) groups excluding carboxylic acids is 1. The molecule has 5 heterocycles. The largest absolute Gasteiger partial charge is 0.490 e. The number of imidazole rings is 1. The molecule has 0 saturated carbocycles. The first-order valence-corrected chi connectivity index (χ1v) is 10.4. The number of carbonyl (C=O) groups is 1. The third kappa shape index (κ3) is 3.69. The van der Waals surface area contributed by atoms with Gasteiger partial charge in [0.05, 0.1) is 11.9 Å². The van der Waals surface area contributed by atoms with Crippen LogP contribution in [-0.2, 0) is 0 Å². The van der Waals surface area contributed by atoms with Crippen molar-refractivity contribution in [3.05, 3.63) is 54.7 Å². The lowest BCUT2D eigenvalue weighted by Crippen LogP contribution is -2.38. The number of hydrogen-bond donors (Lipinski definition) is 1. The monoisotopic (exact) mass is 421 g/mol. The number of ether oxygens (including phenoxy) is 1. The van der Waals surface area contributed by atoms with Crippen molar-refractivity contribution in [2.45, 2.75) is 18.9 Å². The van der Waals surface area contributed by atoms with Gasteiger partial charge in [0, 0.05) is 56.2 Å². The van der Waals surface area contributed by atoms with Crippen LogP contribution >= 0.6 is 11.3 Å². The van der Waals surface area contributed by atoms with Crippen molar-refractivity contribution >= 4 is 27.3 Å². The number of rotatable bonds is 5. The Morgan fingerprint density at radius 3 is 2.83 bits per heavy atom. The van der Waals surface area contributed by atoms with Gasteiger partial charge in [-0.1, -0.05) is 11.3 Å². The van der Waals surface area contributed by atoms with Gasteiger partial charge in [0.1, 0.15) is 17.5 Å². The Hall–Kier alpha value is -3.53. The number of nitrogens with zero attached hydrogens (tertiary/aromatic N) is 6. The maximum absolute atomic E-state index is 11.3. The zero-order valence-corrected chi connectivity index (χ0v) is 16.8. The van der Waals surface area contributed by atoms with Gasteiger partial charge in [-0.2, -0.15) is 0 Å². The van der Waals surface area contributed by atoms with Crippen molar-refractivity contribution in [3.63, 3.8) is 0 Å². The van der Waals surface area contributed by atoms with Crippen LogP contribution in [0.15, 0.2) is 49.1 Å². The van der Waals surface area contributed by atoms with Crippen molar-refractivity contribution in [1.29, 1.82) is 0 Å². The minimum absolute atomic E-state index is 0.0746. The van der Waals surface area contributed by atoms with E-state index < -0.39 is 5.91 Å². The molecule has 5 rings (SSSR count). The average Bonchev–Trinajstić information content (AvgIpc) is 3.35. The number of fused-ring (bicyclic) bond motifs is 1. The van der Waals surface area contributed by atoms with Gasteiger partial charge >= 0.3 is 0 Å². The first-order valence-electron chi connectivity index (χ1n) is 9.60. The van der Waals surface area contributed by atoms with Crippen LogP contribution in [0.1, 0.15) is 23.3 Å². The Bertz CT molecular complexity index is 1150. The molecule has 0 aromatic carbocycles. The predicted molar refractivity (Wildman–Crippen MR) is 113 cm³/mol. The number of anilines is 1. The third-order valence-corrected chi connectivity index (χ3v) is 5.97. The highest BCUT2D eigenvalue weighted by Gasteiger charge is 2.24. The topological polar surface area (TPSA) is 112 Å². The fourth-order valence-corrected chi connectivity index (χ4v) is 4.38. The van der Waals surface area contributed by atoms with Crippen molar-refractivity contribution < 1.29 is 9.53 Å². The molecule has 0 unspecified atom stereocenters. The number of hydrogen-bond acceptors (Lipinski definition) is 8. The van der Waals surface area contributed by atoms with E-state index in [1.807, 2.05) is 22.8 Å². The van der Waals surface area contributed by atoms with Crippen molar-refractivity contribution in [1.82, 2.24) is 24.6 Å². The molecule has 2 N–H and O–H groups in total. The Labute approximate surface area is 176 Å². The lowest BCUT2D eigenvalue weighted by atomic mass is 10.1. The minimum atomic E-state index is -0.560. The van der Waals surface area contributed by atoms with E-state index in [-0.39, 0.29) is 11.8 Å². The minimum Gasteiger partial charge on any atom is -0.490 e. The molecule has 4 aromatic rings. The summed E-state index contributed by atoms with van der Waals surface area (Å²) in [5.74, 6) is 0.0589. The second kappa shape index (κ2) is 7.71. The van der Waals surface area contributed by atoms with Crippen LogP contribution in [0.4, 0.5) is 5.13 Å². The maximum Gasteiger partial charge on any atom is 0.267 e. The highest BCUT2D eigenvalue weighted by molar-refractivity contribution is 7.20. The number of nitrogens with two attached hydrogens (primary N) is 1. The van der Waals surface area contributed by atoms with Gasteiger partial charge in [0.15, 0.2) is 0 Å². The second-order valence-corrected chi connectivity index (χ2v) is 7.96. The Morgan fingerprint density at radius 2 is 2.10 bits per heavy atom. The van der Waals surface area contributed by atoms with Crippen LogP contribution in [0.5, 0.6) is 5.75 Å². The Balaban J connectivity index is 1.23. The number of aromatic nitrogens is 5. The molecule has 0 bridgehead atoms. The summed E-state index contributed by atoms with van der Waals surface area (Å²) in [4.78, 5) is 27.2. The summed E-state index contributed by atoms with van der Waals surface area (Å²) in [6.45, 7) is 1.68. The summed E-state index contributed by atoms with van der Waals surface area (Å²) < 4.78 is 7.85. The summed E-state index contributed by atoms with van der Waals surface area (Å²) in [6.07, 6.45) is 8.81. The summed E-state index contributed by atoms with van der Waals surface area (Å²) in [5, 5.41) is 5.65. The number of pyridine rings is 2. The summed E-state index contributed by atoms with van der Waals surface area (Å²) in [6, 6.07) is 7.22. The van der Waals surface area contributed by atoms with Crippen LogP contribution in [0, 0.1) is 0 Å². The number of piperidine rings is 1. The van der Waals surface area contributed by atoms with E-state index in [4.69, 9.17) is 15.6 Å². The average molecular weight is 421 g/mol. The molecule has 0 atom stereocenters.